The lowest BCUT2D eigenvalue weighted by Crippen LogP contribution is -2.24. The second kappa shape index (κ2) is 6.02. The van der Waals surface area contributed by atoms with E-state index in [4.69, 9.17) is 10.5 Å². The van der Waals surface area contributed by atoms with Crippen LogP contribution < -0.4 is 5.73 Å². The Morgan fingerprint density at radius 3 is 2.43 bits per heavy atom. The quantitative estimate of drug-likeness (QED) is 0.527. The number of nitrogens with zero attached hydrogens (tertiary/aromatic N) is 1. The first-order valence-electron chi connectivity index (χ1n) is 5.18. The zero-order valence-electron chi connectivity index (χ0n) is 10.1. The van der Waals surface area contributed by atoms with Crippen molar-refractivity contribution in [3.63, 3.8) is 0 Å². The van der Waals surface area contributed by atoms with Gasteiger partial charge in [-0.05, 0) is 11.8 Å². The van der Waals surface area contributed by atoms with Crippen molar-refractivity contribution in [2.45, 2.75) is 34.1 Å². The van der Waals surface area contributed by atoms with Crippen LogP contribution in [0.15, 0.2) is 4.99 Å². The molecule has 0 aliphatic carbocycles. The molecule has 0 rings (SSSR count). The zero-order chi connectivity index (χ0) is 11.2. The van der Waals surface area contributed by atoms with E-state index in [2.05, 4.69) is 32.7 Å². The zero-order valence-corrected chi connectivity index (χ0v) is 10.1. The standard InChI is InChI=1S/C11H24N2O/c1-9(2)10(12)13-8-11(3,4)6-7-14-5/h9H,6-8H2,1-5H3,(H2,12,13). The molecule has 0 fully saturated rings. The molecule has 0 amide bonds. The number of rotatable bonds is 6. The average Bonchev–Trinajstić information content (AvgIpc) is 2.11. The molecule has 0 heterocycles. The Morgan fingerprint density at radius 1 is 1.43 bits per heavy atom. The normalized spacial score (nSPS) is 13.7. The summed E-state index contributed by atoms with van der Waals surface area (Å²) in [6.07, 6.45) is 1.01. The lowest BCUT2D eigenvalue weighted by atomic mass is 9.90. The highest BCUT2D eigenvalue weighted by molar-refractivity contribution is 5.82. The van der Waals surface area contributed by atoms with Gasteiger partial charge in [-0.1, -0.05) is 27.7 Å². The van der Waals surface area contributed by atoms with Gasteiger partial charge in [0.1, 0.15) is 0 Å². The van der Waals surface area contributed by atoms with Crippen LogP contribution in [0.4, 0.5) is 0 Å². The third kappa shape index (κ3) is 5.97. The van der Waals surface area contributed by atoms with Crippen molar-refractivity contribution in [1.29, 1.82) is 0 Å². The Balaban J connectivity index is 4.02. The van der Waals surface area contributed by atoms with Crippen LogP contribution in [0.2, 0.25) is 0 Å². The molecule has 0 bridgehead atoms. The van der Waals surface area contributed by atoms with Gasteiger partial charge in [-0.2, -0.15) is 0 Å². The molecule has 2 N–H and O–H groups in total. The van der Waals surface area contributed by atoms with E-state index in [0.29, 0.717) is 5.92 Å². The molecule has 0 atom stereocenters. The summed E-state index contributed by atoms with van der Waals surface area (Å²) in [5, 5.41) is 0. The smallest absolute Gasteiger partial charge is 0.0963 e. The molecule has 0 unspecified atom stereocenters. The van der Waals surface area contributed by atoms with Gasteiger partial charge in [0.2, 0.25) is 0 Å². The Kier molecular flexibility index (Phi) is 5.77. The van der Waals surface area contributed by atoms with Gasteiger partial charge in [-0.15, -0.1) is 0 Å². The summed E-state index contributed by atoms with van der Waals surface area (Å²) in [6, 6.07) is 0. The van der Waals surface area contributed by atoms with Gasteiger partial charge < -0.3 is 10.5 Å². The molecular weight excluding hydrogens is 176 g/mol. The Hall–Kier alpha value is -0.570. The summed E-state index contributed by atoms with van der Waals surface area (Å²) in [4.78, 5) is 4.39. The molecule has 0 aromatic rings. The average molecular weight is 200 g/mol. The lowest BCUT2D eigenvalue weighted by molar-refractivity contribution is 0.155. The molecule has 0 radical (unpaired) electrons. The summed E-state index contributed by atoms with van der Waals surface area (Å²) in [5.41, 5.74) is 5.95. The van der Waals surface area contributed by atoms with Gasteiger partial charge in [0, 0.05) is 26.2 Å². The summed E-state index contributed by atoms with van der Waals surface area (Å²) < 4.78 is 5.05. The Bertz CT molecular complexity index is 186. The largest absolute Gasteiger partial charge is 0.387 e. The monoisotopic (exact) mass is 200 g/mol. The fourth-order valence-electron chi connectivity index (χ4n) is 0.945. The van der Waals surface area contributed by atoms with Gasteiger partial charge in [-0.3, -0.25) is 4.99 Å². The van der Waals surface area contributed by atoms with E-state index in [-0.39, 0.29) is 5.41 Å². The van der Waals surface area contributed by atoms with Crippen molar-refractivity contribution in [2.75, 3.05) is 20.3 Å². The van der Waals surface area contributed by atoms with Crippen LogP contribution in [-0.4, -0.2) is 26.1 Å². The SMILES string of the molecule is COCCC(C)(C)CN=C(N)C(C)C. The van der Waals surface area contributed by atoms with Crippen molar-refractivity contribution in [3.8, 4) is 0 Å². The van der Waals surface area contributed by atoms with Crippen LogP contribution in [0.1, 0.15) is 34.1 Å². The van der Waals surface area contributed by atoms with Crippen LogP contribution in [0, 0.1) is 11.3 Å². The highest BCUT2D eigenvalue weighted by atomic mass is 16.5. The number of nitrogens with two attached hydrogens (primary N) is 1. The number of aliphatic imine (C=N–C) groups is 1. The summed E-state index contributed by atoms with van der Waals surface area (Å²) >= 11 is 0. The summed E-state index contributed by atoms with van der Waals surface area (Å²) in [7, 11) is 1.72. The molecule has 84 valence electrons. The fraction of sp³-hybridized carbons (Fsp3) is 0.909. The molecule has 3 nitrogen and oxygen atoms in total. The third-order valence-electron chi connectivity index (χ3n) is 2.26. The molecule has 3 heteroatoms. The van der Waals surface area contributed by atoms with Gasteiger partial charge in [0.15, 0.2) is 0 Å². The fourth-order valence-corrected chi connectivity index (χ4v) is 0.945. The molecule has 0 aliphatic rings. The maximum Gasteiger partial charge on any atom is 0.0963 e. The molecule has 0 saturated heterocycles. The van der Waals surface area contributed by atoms with Crippen LogP contribution >= 0.6 is 0 Å². The van der Waals surface area contributed by atoms with Crippen LogP contribution in [0.25, 0.3) is 0 Å². The second-order valence-corrected chi connectivity index (χ2v) is 4.80. The Morgan fingerprint density at radius 2 is 2.00 bits per heavy atom. The van der Waals surface area contributed by atoms with Crippen LogP contribution in [0.3, 0.4) is 0 Å². The predicted molar refractivity (Wildman–Crippen MR) is 61.6 cm³/mol. The van der Waals surface area contributed by atoms with Crippen molar-refractivity contribution < 1.29 is 4.74 Å². The predicted octanol–water partition coefficient (Wildman–Crippen LogP) is 2.06. The number of ether oxygens (including phenoxy) is 1. The van der Waals surface area contributed by atoms with Crippen molar-refractivity contribution in [3.05, 3.63) is 0 Å². The van der Waals surface area contributed by atoms with Gasteiger partial charge in [0.25, 0.3) is 0 Å². The highest BCUT2D eigenvalue weighted by Gasteiger charge is 2.17. The first-order valence-corrected chi connectivity index (χ1v) is 5.18. The first kappa shape index (κ1) is 13.4. The minimum absolute atomic E-state index is 0.176. The maximum atomic E-state index is 5.77. The lowest BCUT2D eigenvalue weighted by Gasteiger charge is -2.22. The van der Waals surface area contributed by atoms with E-state index in [1.165, 1.54) is 0 Å². The second-order valence-electron chi connectivity index (χ2n) is 4.80. The first-order chi connectivity index (χ1) is 6.39. The van der Waals surface area contributed by atoms with Crippen LogP contribution in [0.5, 0.6) is 0 Å². The molecule has 0 aromatic carbocycles. The van der Waals surface area contributed by atoms with Gasteiger partial charge in [0.05, 0.1) is 5.84 Å². The number of methoxy groups -OCH3 is 1. The molecular formula is C11H24N2O. The molecule has 0 spiro atoms. The van der Waals surface area contributed by atoms with E-state index in [1.54, 1.807) is 7.11 Å². The van der Waals surface area contributed by atoms with E-state index in [1.807, 2.05) is 0 Å². The molecule has 14 heavy (non-hydrogen) atoms. The molecule has 0 aromatic heterocycles. The minimum atomic E-state index is 0.176. The number of hydrogen-bond donors (Lipinski definition) is 1. The summed E-state index contributed by atoms with van der Waals surface area (Å²) in [5.74, 6) is 1.09. The molecule has 0 aliphatic heterocycles. The van der Waals surface area contributed by atoms with E-state index < -0.39 is 0 Å². The van der Waals surface area contributed by atoms with Crippen molar-refractivity contribution >= 4 is 5.84 Å². The Labute approximate surface area is 87.7 Å². The third-order valence-corrected chi connectivity index (χ3v) is 2.26. The van der Waals surface area contributed by atoms with Crippen LogP contribution in [-0.2, 0) is 4.74 Å². The highest BCUT2D eigenvalue weighted by Crippen LogP contribution is 2.20. The van der Waals surface area contributed by atoms with E-state index >= 15 is 0 Å². The van der Waals surface area contributed by atoms with E-state index in [0.717, 1.165) is 25.4 Å². The summed E-state index contributed by atoms with van der Waals surface area (Å²) in [6.45, 7) is 10.0. The van der Waals surface area contributed by atoms with Gasteiger partial charge >= 0.3 is 0 Å². The topological polar surface area (TPSA) is 47.6 Å². The van der Waals surface area contributed by atoms with Crippen molar-refractivity contribution in [1.82, 2.24) is 0 Å². The number of amidine groups is 1. The van der Waals surface area contributed by atoms with Gasteiger partial charge in [-0.25, -0.2) is 0 Å². The van der Waals surface area contributed by atoms with E-state index in [9.17, 15) is 0 Å². The number of hydrogen-bond acceptors (Lipinski definition) is 2. The minimum Gasteiger partial charge on any atom is -0.387 e. The maximum absolute atomic E-state index is 5.77. The van der Waals surface area contributed by atoms with Crippen molar-refractivity contribution in [2.24, 2.45) is 22.1 Å². The molecule has 0 saturated carbocycles.